The molecular formula is C15H27N3O2. The molecular weight excluding hydrogens is 254 g/mol. The van der Waals surface area contributed by atoms with Gasteiger partial charge in [-0.2, -0.15) is 5.10 Å². The Bertz CT molecular complexity index is 397. The van der Waals surface area contributed by atoms with Gasteiger partial charge in [-0.05, 0) is 40.7 Å². The van der Waals surface area contributed by atoms with Gasteiger partial charge in [-0.25, -0.2) is 0 Å². The van der Waals surface area contributed by atoms with Crippen molar-refractivity contribution >= 4 is 0 Å². The number of hydrogen-bond acceptors (Lipinski definition) is 5. The van der Waals surface area contributed by atoms with Gasteiger partial charge in [0.05, 0.1) is 17.9 Å². The minimum atomic E-state index is -0.177. The first kappa shape index (κ1) is 16.9. The van der Waals surface area contributed by atoms with Crippen LogP contribution in [0.5, 0.6) is 5.88 Å². The van der Waals surface area contributed by atoms with Crippen molar-refractivity contribution in [3.63, 3.8) is 0 Å². The molecule has 0 aliphatic carbocycles. The number of methoxy groups -OCH3 is 1. The van der Waals surface area contributed by atoms with Gasteiger partial charge in [0.1, 0.15) is 0 Å². The average molecular weight is 281 g/mol. The highest BCUT2D eigenvalue weighted by molar-refractivity contribution is 5.11. The maximum absolute atomic E-state index is 5.57. The highest BCUT2D eigenvalue weighted by atomic mass is 16.5. The van der Waals surface area contributed by atoms with Gasteiger partial charge in [0, 0.05) is 31.7 Å². The van der Waals surface area contributed by atoms with Gasteiger partial charge in [0.2, 0.25) is 5.88 Å². The summed E-state index contributed by atoms with van der Waals surface area (Å²) in [5.41, 5.74) is 0.802. The normalized spacial score (nSPS) is 12.5. The molecule has 1 rings (SSSR count). The van der Waals surface area contributed by atoms with E-state index >= 15 is 0 Å². The van der Waals surface area contributed by atoms with E-state index in [4.69, 9.17) is 9.47 Å². The second-order valence-electron chi connectivity index (χ2n) is 6.53. The van der Waals surface area contributed by atoms with E-state index in [1.807, 2.05) is 26.0 Å². The molecule has 20 heavy (non-hydrogen) atoms. The molecule has 5 nitrogen and oxygen atoms in total. The molecule has 5 heteroatoms. The lowest BCUT2D eigenvalue weighted by atomic mass is 10.1. The van der Waals surface area contributed by atoms with Crippen molar-refractivity contribution in [2.24, 2.45) is 0 Å². The molecule has 1 aromatic rings. The first-order valence-electron chi connectivity index (χ1n) is 6.97. The van der Waals surface area contributed by atoms with E-state index in [0.29, 0.717) is 19.0 Å². The molecule has 0 saturated heterocycles. The van der Waals surface area contributed by atoms with Crippen molar-refractivity contribution < 1.29 is 9.47 Å². The largest absolute Gasteiger partial charge is 0.476 e. The second kappa shape index (κ2) is 6.99. The standard InChI is InChI=1S/C15H27N3O2/c1-14(2,3)16-11-12-7-8-13(18-17-12)20-10-9-15(4,5)19-6/h7-8,16H,9-11H2,1-6H3. The third kappa shape index (κ3) is 6.82. The molecule has 0 amide bonds. The summed E-state index contributed by atoms with van der Waals surface area (Å²) < 4.78 is 10.9. The molecule has 0 bridgehead atoms. The number of hydrogen-bond donors (Lipinski definition) is 1. The van der Waals surface area contributed by atoms with Gasteiger partial charge >= 0.3 is 0 Å². The van der Waals surface area contributed by atoms with E-state index in [2.05, 4.69) is 36.3 Å². The summed E-state index contributed by atoms with van der Waals surface area (Å²) in [4.78, 5) is 0. The molecule has 0 radical (unpaired) electrons. The topological polar surface area (TPSA) is 56.3 Å². The zero-order valence-corrected chi connectivity index (χ0v) is 13.5. The number of nitrogens with one attached hydrogen (secondary N) is 1. The highest BCUT2D eigenvalue weighted by Gasteiger charge is 2.16. The summed E-state index contributed by atoms with van der Waals surface area (Å²) >= 11 is 0. The number of rotatable bonds is 7. The molecule has 0 spiro atoms. The maximum Gasteiger partial charge on any atom is 0.233 e. The van der Waals surface area contributed by atoms with E-state index in [-0.39, 0.29) is 11.1 Å². The molecule has 1 N–H and O–H groups in total. The van der Waals surface area contributed by atoms with Gasteiger partial charge in [-0.15, -0.1) is 5.10 Å². The Morgan fingerprint density at radius 1 is 1.10 bits per heavy atom. The van der Waals surface area contributed by atoms with Crippen LogP contribution in [-0.2, 0) is 11.3 Å². The number of ether oxygens (including phenoxy) is 2. The molecule has 0 unspecified atom stereocenters. The minimum Gasteiger partial charge on any atom is -0.476 e. The van der Waals surface area contributed by atoms with E-state index in [1.165, 1.54) is 0 Å². The van der Waals surface area contributed by atoms with Crippen molar-refractivity contribution in [3.05, 3.63) is 17.8 Å². The van der Waals surface area contributed by atoms with Crippen LogP contribution >= 0.6 is 0 Å². The predicted molar refractivity (Wildman–Crippen MR) is 79.8 cm³/mol. The summed E-state index contributed by atoms with van der Waals surface area (Å²) in [6.07, 6.45) is 0.804. The molecule has 0 saturated carbocycles. The summed E-state index contributed by atoms with van der Waals surface area (Å²) in [6, 6.07) is 3.79. The Labute approximate surface area is 122 Å². The fourth-order valence-corrected chi connectivity index (χ4v) is 1.38. The lowest BCUT2D eigenvalue weighted by molar-refractivity contribution is 0.00500. The van der Waals surface area contributed by atoms with E-state index < -0.39 is 0 Å². The van der Waals surface area contributed by atoms with Crippen LogP contribution < -0.4 is 10.1 Å². The minimum absolute atomic E-state index is 0.0720. The van der Waals surface area contributed by atoms with Crippen molar-refractivity contribution in [2.45, 2.75) is 58.7 Å². The summed E-state index contributed by atoms with van der Waals surface area (Å²) in [5.74, 6) is 0.552. The fourth-order valence-electron chi connectivity index (χ4n) is 1.38. The molecule has 0 fully saturated rings. The van der Waals surface area contributed by atoms with Crippen LogP contribution in [0.15, 0.2) is 12.1 Å². The first-order chi connectivity index (χ1) is 9.22. The van der Waals surface area contributed by atoms with Crippen molar-refractivity contribution in [1.29, 1.82) is 0 Å². The quantitative estimate of drug-likeness (QED) is 0.832. The van der Waals surface area contributed by atoms with E-state index in [9.17, 15) is 0 Å². The van der Waals surface area contributed by atoms with Crippen molar-refractivity contribution in [1.82, 2.24) is 15.5 Å². The van der Waals surface area contributed by atoms with Gasteiger partial charge in [0.25, 0.3) is 0 Å². The predicted octanol–water partition coefficient (Wildman–Crippen LogP) is 2.56. The Morgan fingerprint density at radius 2 is 1.80 bits per heavy atom. The average Bonchev–Trinajstić information content (AvgIpc) is 2.37. The number of aromatic nitrogens is 2. The third-order valence-electron chi connectivity index (χ3n) is 3.00. The molecule has 1 aromatic heterocycles. The van der Waals surface area contributed by atoms with Gasteiger partial charge in [-0.1, -0.05) is 0 Å². The molecule has 114 valence electrons. The maximum atomic E-state index is 5.57. The van der Waals surface area contributed by atoms with Gasteiger partial charge in [0.15, 0.2) is 0 Å². The van der Waals surface area contributed by atoms with Crippen LogP contribution in [0.4, 0.5) is 0 Å². The molecule has 0 aliphatic rings. The summed E-state index contributed by atoms with van der Waals surface area (Å²) in [6.45, 7) is 11.7. The van der Waals surface area contributed by atoms with Crippen LogP contribution in [0, 0.1) is 0 Å². The Balaban J connectivity index is 2.39. The second-order valence-corrected chi connectivity index (χ2v) is 6.53. The zero-order chi connectivity index (χ0) is 15.2. The molecule has 0 aliphatic heterocycles. The van der Waals surface area contributed by atoms with E-state index in [0.717, 1.165) is 12.1 Å². The van der Waals surface area contributed by atoms with Crippen LogP contribution in [0.25, 0.3) is 0 Å². The van der Waals surface area contributed by atoms with Crippen LogP contribution in [-0.4, -0.2) is 35.1 Å². The SMILES string of the molecule is COC(C)(C)CCOc1ccc(CNC(C)(C)C)nn1. The van der Waals surface area contributed by atoms with Crippen LogP contribution in [0.1, 0.15) is 46.7 Å². The lowest BCUT2D eigenvalue weighted by Gasteiger charge is -2.22. The smallest absolute Gasteiger partial charge is 0.233 e. The van der Waals surface area contributed by atoms with Crippen molar-refractivity contribution in [2.75, 3.05) is 13.7 Å². The summed E-state index contributed by atoms with van der Waals surface area (Å²) in [7, 11) is 1.71. The van der Waals surface area contributed by atoms with Gasteiger partial charge in [-0.3, -0.25) is 0 Å². The lowest BCUT2D eigenvalue weighted by Crippen LogP contribution is -2.35. The highest BCUT2D eigenvalue weighted by Crippen LogP contribution is 2.14. The van der Waals surface area contributed by atoms with Crippen molar-refractivity contribution in [3.8, 4) is 5.88 Å². The van der Waals surface area contributed by atoms with Crippen LogP contribution in [0.2, 0.25) is 0 Å². The Kier molecular flexibility index (Phi) is 5.89. The molecule has 0 aromatic carbocycles. The van der Waals surface area contributed by atoms with Gasteiger partial charge < -0.3 is 14.8 Å². The molecule has 1 heterocycles. The first-order valence-corrected chi connectivity index (χ1v) is 6.97. The monoisotopic (exact) mass is 281 g/mol. The Hall–Kier alpha value is -1.20. The summed E-state index contributed by atoms with van der Waals surface area (Å²) in [5, 5.41) is 11.6. The zero-order valence-electron chi connectivity index (χ0n) is 13.5. The fraction of sp³-hybridized carbons (Fsp3) is 0.733. The van der Waals surface area contributed by atoms with Crippen LogP contribution in [0.3, 0.4) is 0 Å². The number of nitrogens with zero attached hydrogens (tertiary/aromatic N) is 2. The third-order valence-corrected chi connectivity index (χ3v) is 3.00. The molecule has 0 atom stereocenters. The van der Waals surface area contributed by atoms with E-state index in [1.54, 1.807) is 7.11 Å². The Morgan fingerprint density at radius 3 is 2.30 bits per heavy atom.